The summed E-state index contributed by atoms with van der Waals surface area (Å²) in [5.41, 5.74) is 2.74. The highest BCUT2D eigenvalue weighted by atomic mass is 16.7. The molecule has 2 aliphatic rings. The van der Waals surface area contributed by atoms with Gasteiger partial charge in [-0.15, -0.1) is 0 Å². The molecular formula is C16H24N2O2. The van der Waals surface area contributed by atoms with E-state index in [4.69, 9.17) is 9.47 Å². The number of aryl methyl sites for hydroxylation is 1. The maximum Gasteiger partial charge on any atom is 0.182 e. The van der Waals surface area contributed by atoms with Crippen LogP contribution in [0.25, 0.3) is 0 Å². The van der Waals surface area contributed by atoms with Crippen molar-refractivity contribution in [2.24, 2.45) is 0 Å². The van der Waals surface area contributed by atoms with Crippen molar-refractivity contribution < 1.29 is 9.47 Å². The number of ether oxygens (including phenoxy) is 2. The molecule has 0 amide bonds. The summed E-state index contributed by atoms with van der Waals surface area (Å²) in [4.78, 5) is 2.43. The predicted octanol–water partition coefficient (Wildman–Crippen LogP) is 1.53. The van der Waals surface area contributed by atoms with Crippen LogP contribution >= 0.6 is 0 Å². The molecule has 4 nitrogen and oxygen atoms in total. The molecule has 0 unspecified atom stereocenters. The minimum absolute atomic E-state index is 0.282. The predicted molar refractivity (Wildman–Crippen MR) is 78.6 cm³/mol. The smallest absolute Gasteiger partial charge is 0.182 e. The lowest BCUT2D eigenvalue weighted by Gasteiger charge is -2.22. The van der Waals surface area contributed by atoms with Gasteiger partial charge in [-0.1, -0.05) is 24.3 Å². The van der Waals surface area contributed by atoms with Gasteiger partial charge in [0.05, 0.1) is 19.8 Å². The molecule has 3 rings (SSSR count). The van der Waals surface area contributed by atoms with E-state index in [2.05, 4.69) is 41.4 Å². The van der Waals surface area contributed by atoms with Crippen LogP contribution in [-0.4, -0.2) is 50.1 Å². The van der Waals surface area contributed by atoms with Crippen molar-refractivity contribution in [2.45, 2.75) is 25.7 Å². The van der Waals surface area contributed by atoms with Gasteiger partial charge in [0.2, 0.25) is 0 Å². The first-order valence-electron chi connectivity index (χ1n) is 7.53. The highest BCUT2D eigenvalue weighted by Crippen LogP contribution is 2.29. The van der Waals surface area contributed by atoms with E-state index in [0.29, 0.717) is 0 Å². The van der Waals surface area contributed by atoms with Crippen molar-refractivity contribution in [3.05, 3.63) is 35.4 Å². The van der Waals surface area contributed by atoms with Crippen molar-refractivity contribution in [3.63, 3.8) is 0 Å². The van der Waals surface area contributed by atoms with Gasteiger partial charge in [-0.25, -0.2) is 0 Å². The molecule has 0 bridgehead atoms. The Labute approximate surface area is 121 Å². The minimum Gasteiger partial charge on any atom is -0.346 e. The van der Waals surface area contributed by atoms with Crippen LogP contribution in [0.3, 0.4) is 0 Å². The van der Waals surface area contributed by atoms with Gasteiger partial charge in [-0.3, -0.25) is 4.90 Å². The molecule has 2 heterocycles. The van der Waals surface area contributed by atoms with Crippen LogP contribution in [0, 0.1) is 6.92 Å². The molecule has 1 aromatic carbocycles. The fraction of sp³-hybridized carbons (Fsp3) is 0.625. The Kier molecular flexibility index (Phi) is 4.36. The molecule has 20 heavy (non-hydrogen) atoms. The van der Waals surface area contributed by atoms with Crippen LogP contribution in [-0.2, 0) is 16.0 Å². The maximum atomic E-state index is 5.74. The second-order valence-corrected chi connectivity index (χ2v) is 5.74. The lowest BCUT2D eigenvalue weighted by molar-refractivity contribution is -0.145. The first kappa shape index (κ1) is 14.0. The van der Waals surface area contributed by atoms with Gasteiger partial charge >= 0.3 is 0 Å². The molecule has 0 aromatic heterocycles. The van der Waals surface area contributed by atoms with E-state index in [1.54, 1.807) is 0 Å². The van der Waals surface area contributed by atoms with Gasteiger partial charge < -0.3 is 14.8 Å². The quantitative estimate of drug-likeness (QED) is 0.827. The molecular weight excluding hydrogens is 252 g/mol. The van der Waals surface area contributed by atoms with Gasteiger partial charge in [0.1, 0.15) is 0 Å². The standard InChI is InChI=1S/C16H24N2O2/c1-14-4-2-3-5-15(14)12-17-7-9-18-8-6-16(13-18)19-10-11-20-16/h2-5,17H,6-13H2,1H3. The van der Waals surface area contributed by atoms with Crippen LogP contribution in [0.2, 0.25) is 0 Å². The summed E-state index contributed by atoms with van der Waals surface area (Å²) < 4.78 is 11.5. The van der Waals surface area contributed by atoms with E-state index >= 15 is 0 Å². The first-order chi connectivity index (χ1) is 9.77. The first-order valence-corrected chi connectivity index (χ1v) is 7.53. The second-order valence-electron chi connectivity index (χ2n) is 5.74. The van der Waals surface area contributed by atoms with Gasteiger partial charge in [0.15, 0.2) is 5.79 Å². The Hall–Kier alpha value is -0.940. The lowest BCUT2D eigenvalue weighted by atomic mass is 10.1. The number of rotatable bonds is 5. The summed E-state index contributed by atoms with van der Waals surface area (Å²) in [5.74, 6) is -0.282. The molecule has 0 saturated carbocycles. The topological polar surface area (TPSA) is 33.7 Å². The monoisotopic (exact) mass is 276 g/mol. The molecule has 110 valence electrons. The average molecular weight is 276 g/mol. The van der Waals surface area contributed by atoms with Gasteiger partial charge in [0.25, 0.3) is 0 Å². The largest absolute Gasteiger partial charge is 0.346 e. The van der Waals surface area contributed by atoms with Crippen molar-refractivity contribution >= 4 is 0 Å². The zero-order chi connectivity index (χ0) is 13.8. The van der Waals surface area contributed by atoms with Gasteiger partial charge in [-0.2, -0.15) is 0 Å². The van der Waals surface area contributed by atoms with Crippen molar-refractivity contribution in [2.75, 3.05) is 39.4 Å². The molecule has 0 atom stereocenters. The summed E-state index contributed by atoms with van der Waals surface area (Å²) in [6.45, 7) is 8.66. The Morgan fingerprint density at radius 3 is 2.85 bits per heavy atom. The average Bonchev–Trinajstić information content (AvgIpc) is 3.08. The summed E-state index contributed by atoms with van der Waals surface area (Å²) >= 11 is 0. The Morgan fingerprint density at radius 2 is 2.05 bits per heavy atom. The zero-order valence-electron chi connectivity index (χ0n) is 12.2. The van der Waals surface area contributed by atoms with E-state index in [1.165, 1.54) is 11.1 Å². The van der Waals surface area contributed by atoms with Crippen molar-refractivity contribution in [3.8, 4) is 0 Å². The third kappa shape index (κ3) is 3.20. The molecule has 0 radical (unpaired) electrons. The molecule has 1 N–H and O–H groups in total. The molecule has 2 aliphatic heterocycles. The fourth-order valence-electron chi connectivity index (χ4n) is 3.02. The SMILES string of the molecule is Cc1ccccc1CNCCN1CCC2(C1)OCCO2. The molecule has 1 spiro atoms. The highest BCUT2D eigenvalue weighted by Gasteiger charge is 2.42. The van der Waals surface area contributed by atoms with E-state index in [9.17, 15) is 0 Å². The molecule has 1 aromatic rings. The highest BCUT2D eigenvalue weighted by molar-refractivity contribution is 5.25. The Bertz CT molecular complexity index is 444. The number of nitrogens with zero attached hydrogens (tertiary/aromatic N) is 1. The molecule has 2 fully saturated rings. The number of nitrogens with one attached hydrogen (secondary N) is 1. The van der Waals surface area contributed by atoms with Crippen LogP contribution in [0.5, 0.6) is 0 Å². The molecule has 2 saturated heterocycles. The molecule has 0 aliphatic carbocycles. The van der Waals surface area contributed by atoms with Crippen LogP contribution in [0.4, 0.5) is 0 Å². The van der Waals surface area contributed by atoms with E-state index in [0.717, 1.165) is 52.4 Å². The zero-order valence-corrected chi connectivity index (χ0v) is 12.2. The number of benzene rings is 1. The van der Waals surface area contributed by atoms with E-state index < -0.39 is 0 Å². The number of hydrogen-bond acceptors (Lipinski definition) is 4. The minimum atomic E-state index is -0.282. The third-order valence-corrected chi connectivity index (χ3v) is 4.27. The van der Waals surface area contributed by atoms with Crippen molar-refractivity contribution in [1.82, 2.24) is 10.2 Å². The summed E-state index contributed by atoms with van der Waals surface area (Å²) in [7, 11) is 0. The van der Waals surface area contributed by atoms with Crippen LogP contribution in [0.1, 0.15) is 17.5 Å². The molecule has 4 heteroatoms. The van der Waals surface area contributed by atoms with Gasteiger partial charge in [-0.05, 0) is 18.1 Å². The Balaban J connectivity index is 1.38. The lowest BCUT2D eigenvalue weighted by Crippen LogP contribution is -2.36. The second kappa shape index (κ2) is 6.22. The van der Waals surface area contributed by atoms with Crippen LogP contribution in [0.15, 0.2) is 24.3 Å². The normalized spacial score (nSPS) is 21.9. The fourth-order valence-corrected chi connectivity index (χ4v) is 3.02. The van der Waals surface area contributed by atoms with E-state index in [1.807, 2.05) is 0 Å². The summed E-state index contributed by atoms with van der Waals surface area (Å²) in [5, 5.41) is 3.53. The third-order valence-electron chi connectivity index (χ3n) is 4.27. The summed E-state index contributed by atoms with van der Waals surface area (Å²) in [6.07, 6.45) is 1.00. The van der Waals surface area contributed by atoms with Gasteiger partial charge in [0, 0.05) is 32.6 Å². The van der Waals surface area contributed by atoms with Crippen molar-refractivity contribution in [1.29, 1.82) is 0 Å². The van der Waals surface area contributed by atoms with E-state index in [-0.39, 0.29) is 5.79 Å². The number of hydrogen-bond donors (Lipinski definition) is 1. The maximum absolute atomic E-state index is 5.74. The summed E-state index contributed by atoms with van der Waals surface area (Å²) in [6, 6.07) is 8.54. The number of likely N-dealkylation sites (tertiary alicyclic amines) is 1. The Morgan fingerprint density at radius 1 is 1.25 bits per heavy atom. The van der Waals surface area contributed by atoms with Crippen LogP contribution < -0.4 is 5.32 Å².